The number of nitrogens with one attached hydrogen (secondary N) is 1. The van der Waals surface area contributed by atoms with Gasteiger partial charge in [-0.1, -0.05) is 30.3 Å². The number of nitrogens with zero attached hydrogens (tertiary/aromatic N) is 1. The Morgan fingerprint density at radius 2 is 1.80 bits per heavy atom. The summed E-state index contributed by atoms with van der Waals surface area (Å²) in [7, 11) is 3.58. The SMILES string of the molecule is CN(C)c1cc(NCCC(=O)c2ccccc2)c(O)c2c1C[C@H]1C[C@H]3CC(O)C(C(N)=O)C(=O)[C@@]3(O)C(=O)C1=C2O. The normalized spacial score (nSPS) is 27.0. The number of phenolic OH excluding ortho intramolecular Hbond substituents is 1. The van der Waals surface area contributed by atoms with E-state index in [2.05, 4.69) is 5.32 Å². The van der Waals surface area contributed by atoms with Gasteiger partial charge in [-0.15, -0.1) is 0 Å². The van der Waals surface area contributed by atoms with Crippen LogP contribution in [0, 0.1) is 17.8 Å². The molecule has 41 heavy (non-hydrogen) atoms. The maximum Gasteiger partial charge on any atom is 0.230 e. The van der Waals surface area contributed by atoms with Gasteiger partial charge in [0.25, 0.3) is 0 Å². The lowest BCUT2D eigenvalue weighted by Crippen LogP contribution is -2.66. The Hall–Kier alpha value is -4.22. The molecule has 2 aromatic rings. The van der Waals surface area contributed by atoms with Gasteiger partial charge in [0, 0.05) is 49.8 Å². The van der Waals surface area contributed by atoms with E-state index in [0.717, 1.165) is 0 Å². The fourth-order valence-corrected chi connectivity index (χ4v) is 6.59. The number of primary amides is 1. The monoisotopic (exact) mass is 563 g/mol. The Morgan fingerprint density at radius 1 is 1.12 bits per heavy atom. The van der Waals surface area contributed by atoms with E-state index in [1.165, 1.54) is 0 Å². The van der Waals surface area contributed by atoms with Gasteiger partial charge in [0.05, 0.1) is 17.4 Å². The number of carbonyl (C=O) groups excluding carboxylic acids is 4. The van der Waals surface area contributed by atoms with Gasteiger partial charge in [0.2, 0.25) is 11.7 Å². The van der Waals surface area contributed by atoms with Crippen LogP contribution in [0.25, 0.3) is 5.76 Å². The number of phenols is 1. The van der Waals surface area contributed by atoms with Crippen LogP contribution in [0.5, 0.6) is 5.75 Å². The second kappa shape index (κ2) is 10.3. The molecule has 11 heteroatoms. The molecule has 1 amide bonds. The summed E-state index contributed by atoms with van der Waals surface area (Å²) in [5, 5.41) is 47.6. The molecule has 5 atom stereocenters. The Kier molecular flexibility index (Phi) is 7.12. The number of ketones is 3. The van der Waals surface area contributed by atoms with Crippen LogP contribution in [0.3, 0.4) is 0 Å². The molecule has 0 radical (unpaired) electrons. The van der Waals surface area contributed by atoms with Crippen LogP contribution in [0.15, 0.2) is 42.0 Å². The minimum absolute atomic E-state index is 0.00974. The molecule has 2 aromatic carbocycles. The summed E-state index contributed by atoms with van der Waals surface area (Å²) >= 11 is 0. The average molecular weight is 564 g/mol. The molecule has 2 fully saturated rings. The molecule has 2 unspecified atom stereocenters. The Labute approximate surface area is 236 Å². The Bertz CT molecular complexity index is 1480. The van der Waals surface area contributed by atoms with Crippen molar-refractivity contribution >= 4 is 40.4 Å². The van der Waals surface area contributed by atoms with E-state index in [0.29, 0.717) is 16.8 Å². The van der Waals surface area contributed by atoms with E-state index in [1.54, 1.807) is 49.3 Å². The molecule has 0 aliphatic heterocycles. The molecule has 0 aromatic heterocycles. The van der Waals surface area contributed by atoms with Crippen LogP contribution >= 0.6 is 0 Å². The molecule has 216 valence electrons. The van der Waals surface area contributed by atoms with Gasteiger partial charge in [-0.05, 0) is 36.8 Å². The molecular weight excluding hydrogens is 530 g/mol. The number of aromatic hydroxyl groups is 1. The van der Waals surface area contributed by atoms with Crippen molar-refractivity contribution in [1.29, 1.82) is 0 Å². The highest BCUT2D eigenvalue weighted by Crippen LogP contribution is 2.53. The van der Waals surface area contributed by atoms with Crippen molar-refractivity contribution in [3.8, 4) is 5.75 Å². The molecule has 7 N–H and O–H groups in total. The quantitative estimate of drug-likeness (QED) is 0.163. The number of anilines is 2. The van der Waals surface area contributed by atoms with Gasteiger partial charge >= 0.3 is 0 Å². The van der Waals surface area contributed by atoms with Crippen molar-refractivity contribution in [2.24, 2.45) is 23.5 Å². The fraction of sp³-hybridized carbons (Fsp3) is 0.400. The molecule has 0 heterocycles. The van der Waals surface area contributed by atoms with Crippen LogP contribution in [0.1, 0.15) is 40.7 Å². The number of aliphatic hydroxyl groups is 3. The maximum absolute atomic E-state index is 13.8. The summed E-state index contributed by atoms with van der Waals surface area (Å²) in [6, 6.07) is 10.5. The van der Waals surface area contributed by atoms with E-state index in [1.807, 2.05) is 6.07 Å². The molecule has 3 aliphatic carbocycles. The first kappa shape index (κ1) is 28.3. The van der Waals surface area contributed by atoms with Crippen LogP contribution in [-0.2, 0) is 20.8 Å². The van der Waals surface area contributed by atoms with Gasteiger partial charge < -0.3 is 36.4 Å². The number of hydrogen-bond acceptors (Lipinski definition) is 10. The predicted molar refractivity (Wildman–Crippen MR) is 149 cm³/mol. The zero-order valence-corrected chi connectivity index (χ0v) is 22.8. The highest BCUT2D eigenvalue weighted by atomic mass is 16.3. The second-order valence-corrected chi connectivity index (χ2v) is 11.2. The first-order valence-corrected chi connectivity index (χ1v) is 13.5. The highest BCUT2D eigenvalue weighted by Gasteiger charge is 2.64. The molecule has 3 aliphatic rings. The van der Waals surface area contributed by atoms with Gasteiger partial charge in [-0.25, -0.2) is 0 Å². The smallest absolute Gasteiger partial charge is 0.230 e. The largest absolute Gasteiger partial charge is 0.507 e. The van der Waals surface area contributed by atoms with Crippen molar-refractivity contribution in [2.75, 3.05) is 30.9 Å². The second-order valence-electron chi connectivity index (χ2n) is 11.2. The summed E-state index contributed by atoms with van der Waals surface area (Å²) < 4.78 is 0. The molecule has 0 bridgehead atoms. The number of Topliss-reactive ketones (excluding diaryl/α,β-unsaturated/α-hetero) is 3. The molecule has 2 saturated carbocycles. The summed E-state index contributed by atoms with van der Waals surface area (Å²) in [4.78, 5) is 53.2. The summed E-state index contributed by atoms with van der Waals surface area (Å²) in [5.41, 5.74) is 4.46. The van der Waals surface area contributed by atoms with Gasteiger partial charge in [0.15, 0.2) is 17.2 Å². The first-order valence-electron chi connectivity index (χ1n) is 13.5. The maximum atomic E-state index is 13.8. The van der Waals surface area contributed by atoms with Crippen molar-refractivity contribution in [2.45, 2.75) is 37.4 Å². The summed E-state index contributed by atoms with van der Waals surface area (Å²) in [6.07, 6.45) is -1.18. The third kappa shape index (κ3) is 4.45. The summed E-state index contributed by atoms with van der Waals surface area (Å²) in [5.74, 6) is -7.71. The molecule has 0 saturated heterocycles. The number of benzene rings is 2. The van der Waals surface area contributed by atoms with E-state index in [4.69, 9.17) is 5.73 Å². The van der Waals surface area contributed by atoms with Gasteiger partial charge in [-0.2, -0.15) is 0 Å². The lowest BCUT2D eigenvalue weighted by Gasteiger charge is -2.48. The standard InChI is InChI=1S/C30H33N3O8/c1-33(2)19-13-18(32-9-8-20(34)14-6-4-3-5-7-14)25(36)23-17(19)11-15-10-16-12-21(35)24(29(31)40)28(39)30(16,41)27(38)22(15)26(23)37/h3-7,13,15-16,21,24,32,35-37,41H,8-12H2,1-2H3,(H2,31,40)/t15-,16+,21?,24?,30+/m1/s1. The number of amides is 1. The lowest BCUT2D eigenvalue weighted by atomic mass is 9.56. The number of fused-ring (bicyclic) bond motifs is 3. The zero-order chi connectivity index (χ0) is 29.8. The van der Waals surface area contributed by atoms with Crippen molar-refractivity contribution in [3.63, 3.8) is 0 Å². The van der Waals surface area contributed by atoms with Crippen molar-refractivity contribution in [1.82, 2.24) is 0 Å². The van der Waals surface area contributed by atoms with Crippen LogP contribution in [0.4, 0.5) is 11.4 Å². The molecule has 0 spiro atoms. The van der Waals surface area contributed by atoms with Gasteiger partial charge in [-0.3, -0.25) is 19.2 Å². The number of aliphatic hydroxyl groups excluding tert-OH is 2. The highest BCUT2D eigenvalue weighted by molar-refractivity contribution is 6.24. The third-order valence-corrected chi connectivity index (χ3v) is 8.61. The van der Waals surface area contributed by atoms with E-state index in [-0.39, 0.29) is 60.6 Å². The topological polar surface area (TPSA) is 190 Å². The van der Waals surface area contributed by atoms with E-state index < -0.39 is 52.7 Å². The molecular formula is C30H33N3O8. The van der Waals surface area contributed by atoms with E-state index >= 15 is 0 Å². The van der Waals surface area contributed by atoms with Crippen molar-refractivity contribution < 1.29 is 39.6 Å². The fourth-order valence-electron chi connectivity index (χ4n) is 6.59. The lowest BCUT2D eigenvalue weighted by molar-refractivity contribution is -0.174. The number of rotatable bonds is 7. The number of nitrogens with two attached hydrogens (primary N) is 1. The van der Waals surface area contributed by atoms with Crippen LogP contribution in [-0.4, -0.2) is 76.0 Å². The van der Waals surface area contributed by atoms with Gasteiger partial charge in [0.1, 0.15) is 17.4 Å². The Morgan fingerprint density at radius 3 is 2.44 bits per heavy atom. The predicted octanol–water partition coefficient (Wildman–Crippen LogP) is 1.34. The van der Waals surface area contributed by atoms with Crippen molar-refractivity contribution in [3.05, 3.63) is 58.7 Å². The van der Waals surface area contributed by atoms with Crippen LogP contribution in [0.2, 0.25) is 0 Å². The molecule has 5 rings (SSSR count). The number of carbonyl (C=O) groups is 4. The molecule has 11 nitrogen and oxygen atoms in total. The van der Waals surface area contributed by atoms with Crippen LogP contribution < -0.4 is 16.0 Å². The minimum Gasteiger partial charge on any atom is -0.507 e. The zero-order valence-electron chi connectivity index (χ0n) is 22.8. The minimum atomic E-state index is -2.64. The number of hydrogen-bond donors (Lipinski definition) is 6. The first-order chi connectivity index (χ1) is 19.4. The summed E-state index contributed by atoms with van der Waals surface area (Å²) in [6.45, 7) is 0.179. The van der Waals surface area contributed by atoms with E-state index in [9.17, 15) is 39.6 Å². The average Bonchev–Trinajstić information content (AvgIpc) is 2.91. The Balaban J connectivity index is 1.52. The third-order valence-electron chi connectivity index (χ3n) is 8.61.